The fourth-order valence-electron chi connectivity index (χ4n) is 4.30. The second kappa shape index (κ2) is 8.72. The van der Waals surface area contributed by atoms with Crippen molar-refractivity contribution in [2.24, 2.45) is 0 Å². The maximum Gasteiger partial charge on any atom is 0.119 e. The lowest BCUT2D eigenvalue weighted by molar-refractivity contribution is 0.183. The summed E-state index contributed by atoms with van der Waals surface area (Å²) in [5.74, 6) is 0.920. The van der Waals surface area contributed by atoms with E-state index in [1.165, 1.54) is 32.4 Å². The van der Waals surface area contributed by atoms with E-state index in [0.29, 0.717) is 0 Å². The summed E-state index contributed by atoms with van der Waals surface area (Å²) in [5.41, 5.74) is 5.49. The molecule has 4 nitrogen and oxygen atoms in total. The minimum atomic E-state index is 0.732. The number of likely N-dealkylation sites (tertiary alicyclic amines) is 1. The normalized spacial score (nSPS) is 14.8. The zero-order valence-corrected chi connectivity index (χ0v) is 17.2. The molecule has 0 N–H and O–H groups in total. The molecule has 2 heterocycles. The molecule has 0 radical (unpaired) electrons. The Morgan fingerprint density at radius 1 is 0.833 bits per heavy atom. The number of para-hydroxylation sites is 2. The first-order valence-electron chi connectivity index (χ1n) is 10.9. The van der Waals surface area contributed by atoms with Crippen LogP contribution in [0.25, 0.3) is 27.8 Å². The predicted molar refractivity (Wildman–Crippen MR) is 122 cm³/mol. The third-order valence-electron chi connectivity index (χ3n) is 5.88. The summed E-state index contributed by atoms with van der Waals surface area (Å²) in [4.78, 5) is 7.24. The largest absolute Gasteiger partial charge is 0.492 e. The summed E-state index contributed by atoms with van der Waals surface area (Å²) >= 11 is 0. The summed E-state index contributed by atoms with van der Waals surface area (Å²) in [5, 5.41) is 0. The molecule has 0 atom stereocenters. The van der Waals surface area contributed by atoms with Crippen LogP contribution in [0.15, 0.2) is 79.1 Å². The molecule has 1 fully saturated rings. The third-order valence-corrected chi connectivity index (χ3v) is 5.88. The van der Waals surface area contributed by atoms with Gasteiger partial charge in [0.15, 0.2) is 0 Å². The number of ether oxygens (including phenoxy) is 1. The standard InChI is InChI=1S/C26H27N3O/c1-3-10-22(11-4-1)29-20-27-26-24(13-8-14-25(26)29)21-9-7-12-23(19-21)30-18-17-28-15-5-2-6-16-28/h1,3-4,7-14,19-20H,2,5-6,15-18H2. The van der Waals surface area contributed by atoms with Crippen molar-refractivity contribution >= 4 is 11.0 Å². The van der Waals surface area contributed by atoms with E-state index < -0.39 is 0 Å². The molecule has 0 saturated carbocycles. The Bertz CT molecular complexity index is 1110. The Hall–Kier alpha value is -3.11. The summed E-state index contributed by atoms with van der Waals surface area (Å²) in [6.07, 6.45) is 5.90. The topological polar surface area (TPSA) is 30.3 Å². The van der Waals surface area contributed by atoms with Gasteiger partial charge in [0.25, 0.3) is 0 Å². The average molecular weight is 398 g/mol. The van der Waals surface area contributed by atoms with Gasteiger partial charge in [-0.15, -0.1) is 0 Å². The van der Waals surface area contributed by atoms with Crippen LogP contribution in [-0.4, -0.2) is 40.7 Å². The lowest BCUT2D eigenvalue weighted by Crippen LogP contribution is -2.33. The molecule has 0 unspecified atom stereocenters. The van der Waals surface area contributed by atoms with E-state index >= 15 is 0 Å². The van der Waals surface area contributed by atoms with Crippen LogP contribution in [0.2, 0.25) is 0 Å². The first-order chi connectivity index (χ1) is 14.9. The van der Waals surface area contributed by atoms with Crippen molar-refractivity contribution in [1.82, 2.24) is 14.5 Å². The van der Waals surface area contributed by atoms with Crippen LogP contribution in [0.3, 0.4) is 0 Å². The zero-order chi connectivity index (χ0) is 20.2. The van der Waals surface area contributed by atoms with Gasteiger partial charge in [0.05, 0.1) is 11.0 Å². The van der Waals surface area contributed by atoms with Crippen molar-refractivity contribution in [3.8, 4) is 22.6 Å². The maximum absolute atomic E-state index is 6.09. The lowest BCUT2D eigenvalue weighted by atomic mass is 10.0. The van der Waals surface area contributed by atoms with Crippen molar-refractivity contribution in [3.63, 3.8) is 0 Å². The fourth-order valence-corrected chi connectivity index (χ4v) is 4.30. The van der Waals surface area contributed by atoms with Gasteiger partial charge in [-0.1, -0.05) is 48.9 Å². The van der Waals surface area contributed by atoms with Crippen molar-refractivity contribution < 1.29 is 4.74 Å². The molecule has 0 bridgehead atoms. The molecule has 0 amide bonds. The number of hydrogen-bond donors (Lipinski definition) is 0. The molecular weight excluding hydrogens is 370 g/mol. The quantitative estimate of drug-likeness (QED) is 0.427. The van der Waals surface area contributed by atoms with E-state index in [9.17, 15) is 0 Å². The van der Waals surface area contributed by atoms with E-state index in [0.717, 1.165) is 46.7 Å². The number of rotatable bonds is 6. The fraction of sp³-hybridized carbons (Fsp3) is 0.269. The van der Waals surface area contributed by atoms with Crippen molar-refractivity contribution in [1.29, 1.82) is 0 Å². The molecule has 1 saturated heterocycles. The molecule has 3 aromatic carbocycles. The molecule has 4 aromatic rings. The summed E-state index contributed by atoms with van der Waals surface area (Å²) in [6, 6.07) is 25.1. The highest BCUT2D eigenvalue weighted by molar-refractivity contribution is 5.93. The zero-order valence-electron chi connectivity index (χ0n) is 17.2. The van der Waals surface area contributed by atoms with Crippen molar-refractivity contribution in [3.05, 3.63) is 79.1 Å². The second-order valence-corrected chi connectivity index (χ2v) is 7.90. The SMILES string of the molecule is c1ccc(-n2cnc3c(-c4cccc(OCCN5CCCCC5)c4)cccc32)cc1. The van der Waals surface area contributed by atoms with E-state index in [-0.39, 0.29) is 0 Å². The van der Waals surface area contributed by atoms with E-state index in [1.54, 1.807) is 0 Å². The second-order valence-electron chi connectivity index (χ2n) is 7.90. The van der Waals surface area contributed by atoms with E-state index in [1.807, 2.05) is 18.5 Å². The van der Waals surface area contributed by atoms with Crippen LogP contribution >= 0.6 is 0 Å². The predicted octanol–water partition coefficient (Wildman–Crippen LogP) is 5.56. The van der Waals surface area contributed by atoms with Crippen LogP contribution in [-0.2, 0) is 0 Å². The summed E-state index contributed by atoms with van der Waals surface area (Å²) in [7, 11) is 0. The first kappa shape index (κ1) is 18.9. The number of hydrogen-bond acceptors (Lipinski definition) is 3. The van der Waals surface area contributed by atoms with Gasteiger partial charge >= 0.3 is 0 Å². The third kappa shape index (κ3) is 3.96. The number of nitrogens with zero attached hydrogens (tertiary/aromatic N) is 3. The molecule has 4 heteroatoms. The van der Waals surface area contributed by atoms with Crippen LogP contribution in [0.4, 0.5) is 0 Å². The van der Waals surface area contributed by atoms with E-state index in [2.05, 4.69) is 70.1 Å². The number of aromatic nitrogens is 2. The Morgan fingerprint density at radius 2 is 1.67 bits per heavy atom. The van der Waals surface area contributed by atoms with Gasteiger partial charge in [-0.05, 0) is 61.8 Å². The Labute approximate surface area is 177 Å². The molecule has 1 aliphatic rings. The highest BCUT2D eigenvalue weighted by atomic mass is 16.5. The van der Waals surface area contributed by atoms with Gasteiger partial charge in [-0.2, -0.15) is 0 Å². The van der Waals surface area contributed by atoms with Gasteiger partial charge in [0.1, 0.15) is 18.7 Å². The van der Waals surface area contributed by atoms with Crippen LogP contribution in [0, 0.1) is 0 Å². The molecule has 1 aliphatic heterocycles. The molecule has 30 heavy (non-hydrogen) atoms. The van der Waals surface area contributed by atoms with Gasteiger partial charge in [-0.25, -0.2) is 4.98 Å². The minimum Gasteiger partial charge on any atom is -0.492 e. The molecule has 1 aromatic heterocycles. The Balaban J connectivity index is 1.38. The summed E-state index contributed by atoms with van der Waals surface area (Å²) in [6.45, 7) is 4.14. The molecule has 0 spiro atoms. The van der Waals surface area contributed by atoms with Gasteiger partial charge < -0.3 is 4.74 Å². The highest BCUT2D eigenvalue weighted by Gasteiger charge is 2.12. The van der Waals surface area contributed by atoms with Gasteiger partial charge in [0, 0.05) is 17.8 Å². The maximum atomic E-state index is 6.09. The monoisotopic (exact) mass is 397 g/mol. The van der Waals surface area contributed by atoms with Crippen LogP contribution in [0.1, 0.15) is 19.3 Å². The van der Waals surface area contributed by atoms with Gasteiger partial charge in [0.2, 0.25) is 0 Å². The van der Waals surface area contributed by atoms with E-state index in [4.69, 9.17) is 9.72 Å². The number of imidazole rings is 1. The Morgan fingerprint density at radius 3 is 2.53 bits per heavy atom. The van der Waals surface area contributed by atoms with Gasteiger partial charge in [-0.3, -0.25) is 9.47 Å². The Kier molecular flexibility index (Phi) is 5.49. The van der Waals surface area contributed by atoms with Crippen molar-refractivity contribution in [2.45, 2.75) is 19.3 Å². The average Bonchev–Trinajstić information content (AvgIpc) is 3.25. The number of fused-ring (bicyclic) bond motifs is 1. The number of benzene rings is 3. The van der Waals surface area contributed by atoms with Crippen LogP contribution < -0.4 is 4.74 Å². The first-order valence-corrected chi connectivity index (χ1v) is 10.9. The molecule has 152 valence electrons. The van der Waals surface area contributed by atoms with Crippen LogP contribution in [0.5, 0.6) is 5.75 Å². The molecule has 5 rings (SSSR count). The minimum absolute atomic E-state index is 0.732. The molecular formula is C26H27N3O. The number of piperidine rings is 1. The molecule has 0 aliphatic carbocycles. The van der Waals surface area contributed by atoms with Crippen molar-refractivity contribution in [2.75, 3.05) is 26.2 Å². The lowest BCUT2D eigenvalue weighted by Gasteiger charge is -2.26. The highest BCUT2D eigenvalue weighted by Crippen LogP contribution is 2.31. The summed E-state index contributed by atoms with van der Waals surface area (Å²) < 4.78 is 8.23. The smallest absolute Gasteiger partial charge is 0.119 e.